The van der Waals surface area contributed by atoms with Crippen LogP contribution in [0.15, 0.2) is 24.3 Å². The van der Waals surface area contributed by atoms with Crippen LogP contribution in [0.5, 0.6) is 0 Å². The number of anilines is 1. The van der Waals surface area contributed by atoms with Gasteiger partial charge in [0.2, 0.25) is 5.91 Å². The quantitative estimate of drug-likeness (QED) is 0.876. The number of benzene rings is 1. The number of carbonyl (C=O) groups excluding carboxylic acids is 1. The van der Waals surface area contributed by atoms with Gasteiger partial charge in [0.25, 0.3) is 0 Å². The summed E-state index contributed by atoms with van der Waals surface area (Å²) in [6.45, 7) is 5.87. The summed E-state index contributed by atoms with van der Waals surface area (Å²) >= 11 is 1.53. The van der Waals surface area contributed by atoms with E-state index in [1.165, 1.54) is 27.3 Å². The van der Waals surface area contributed by atoms with E-state index in [1.54, 1.807) is 0 Å². The van der Waals surface area contributed by atoms with Gasteiger partial charge in [-0.25, -0.2) is 4.98 Å². The van der Waals surface area contributed by atoms with Gasteiger partial charge in [0, 0.05) is 23.8 Å². The number of aryl methyl sites for hydroxylation is 2. The molecule has 1 unspecified atom stereocenters. The molecule has 0 bridgehead atoms. The molecule has 1 heterocycles. The molecule has 0 radical (unpaired) electrons. The van der Waals surface area contributed by atoms with E-state index in [2.05, 4.69) is 41.5 Å². The van der Waals surface area contributed by atoms with E-state index < -0.39 is 0 Å². The van der Waals surface area contributed by atoms with Crippen LogP contribution in [0.25, 0.3) is 0 Å². The van der Waals surface area contributed by atoms with Crippen LogP contribution >= 0.6 is 23.7 Å². The Balaban J connectivity index is 0.00000242. The largest absolute Gasteiger partial charge is 0.327 e. The van der Waals surface area contributed by atoms with E-state index in [9.17, 15) is 4.79 Å². The highest BCUT2D eigenvalue weighted by molar-refractivity contribution is 7.15. The molecular formula is C16H22ClN3OS. The highest BCUT2D eigenvalue weighted by Gasteiger charge is 2.12. The predicted molar refractivity (Wildman–Crippen MR) is 95.0 cm³/mol. The zero-order valence-electron chi connectivity index (χ0n) is 13.1. The second-order valence-corrected chi connectivity index (χ2v) is 6.50. The molecule has 1 amide bonds. The van der Waals surface area contributed by atoms with Crippen molar-refractivity contribution in [3.63, 3.8) is 0 Å². The molecule has 0 aliphatic carbocycles. The van der Waals surface area contributed by atoms with E-state index >= 15 is 0 Å². The number of hydrogen-bond acceptors (Lipinski definition) is 4. The molecule has 4 nitrogen and oxygen atoms in total. The number of nitrogens with one attached hydrogen (secondary N) is 1. The maximum atomic E-state index is 11.7. The van der Waals surface area contributed by atoms with Crippen molar-refractivity contribution < 1.29 is 4.79 Å². The van der Waals surface area contributed by atoms with Crippen molar-refractivity contribution in [3.8, 4) is 0 Å². The molecule has 3 N–H and O–H groups in total. The Morgan fingerprint density at radius 2 is 1.95 bits per heavy atom. The average Bonchev–Trinajstić information content (AvgIpc) is 2.71. The monoisotopic (exact) mass is 339 g/mol. The Morgan fingerprint density at radius 1 is 1.32 bits per heavy atom. The number of carbonyl (C=O) groups is 1. The number of nitrogens with zero attached hydrogens (tertiary/aromatic N) is 1. The molecule has 120 valence electrons. The van der Waals surface area contributed by atoms with Gasteiger partial charge in [-0.05, 0) is 26.3 Å². The van der Waals surface area contributed by atoms with Crippen molar-refractivity contribution in [1.29, 1.82) is 0 Å². The van der Waals surface area contributed by atoms with E-state index in [-0.39, 0.29) is 24.4 Å². The van der Waals surface area contributed by atoms with Gasteiger partial charge in [-0.3, -0.25) is 4.79 Å². The Kier molecular flexibility index (Phi) is 7.00. The summed E-state index contributed by atoms with van der Waals surface area (Å²) in [5, 5.41) is 3.47. The predicted octanol–water partition coefficient (Wildman–Crippen LogP) is 3.45. The zero-order valence-corrected chi connectivity index (χ0v) is 14.7. The minimum Gasteiger partial charge on any atom is -0.327 e. The van der Waals surface area contributed by atoms with Crippen molar-refractivity contribution in [2.24, 2.45) is 5.73 Å². The van der Waals surface area contributed by atoms with Gasteiger partial charge in [-0.2, -0.15) is 0 Å². The zero-order chi connectivity index (χ0) is 15.4. The molecule has 0 fully saturated rings. The van der Waals surface area contributed by atoms with E-state index in [4.69, 9.17) is 5.73 Å². The minimum atomic E-state index is -0.141. The molecule has 0 aliphatic rings. The molecular weight excluding hydrogens is 318 g/mol. The first-order chi connectivity index (χ1) is 9.94. The summed E-state index contributed by atoms with van der Waals surface area (Å²) < 4.78 is 0. The van der Waals surface area contributed by atoms with Crippen LogP contribution in [0, 0.1) is 13.8 Å². The Bertz CT molecular complexity index is 623. The summed E-state index contributed by atoms with van der Waals surface area (Å²) in [7, 11) is 0. The summed E-state index contributed by atoms with van der Waals surface area (Å²) in [5.74, 6) is -0.0827. The number of halogens is 1. The standard InChI is InChI=1S/C16H21N3OS.ClH/c1-10-4-6-13(7-5-10)9-14-12(3)18-16(21-14)19-15(20)8-11(2)17;/h4-7,11H,8-9,17H2,1-3H3,(H,18,19,20);1H. The lowest BCUT2D eigenvalue weighted by Gasteiger charge is -2.03. The van der Waals surface area contributed by atoms with Crippen molar-refractivity contribution in [1.82, 2.24) is 4.98 Å². The van der Waals surface area contributed by atoms with E-state index in [0.29, 0.717) is 11.6 Å². The first-order valence-corrected chi connectivity index (χ1v) is 7.83. The maximum absolute atomic E-state index is 11.7. The third-order valence-corrected chi connectivity index (χ3v) is 4.20. The molecule has 2 rings (SSSR count). The van der Waals surface area contributed by atoms with Crippen LogP contribution in [0.2, 0.25) is 0 Å². The SMILES string of the molecule is Cc1ccc(Cc2sc(NC(=O)CC(C)N)nc2C)cc1.Cl. The molecule has 22 heavy (non-hydrogen) atoms. The number of nitrogens with two attached hydrogens (primary N) is 1. The van der Waals surface area contributed by atoms with Gasteiger partial charge in [0.1, 0.15) is 0 Å². The number of aromatic nitrogens is 1. The van der Waals surface area contributed by atoms with Crippen molar-refractivity contribution >= 4 is 34.8 Å². The highest BCUT2D eigenvalue weighted by Crippen LogP contribution is 2.25. The van der Waals surface area contributed by atoms with Gasteiger partial charge in [0.15, 0.2) is 5.13 Å². The molecule has 0 saturated heterocycles. The van der Waals surface area contributed by atoms with Crippen molar-refractivity contribution in [2.75, 3.05) is 5.32 Å². The molecule has 0 aliphatic heterocycles. The first-order valence-electron chi connectivity index (χ1n) is 7.01. The number of amides is 1. The normalized spacial score (nSPS) is 11.6. The van der Waals surface area contributed by atoms with Gasteiger partial charge < -0.3 is 11.1 Å². The minimum absolute atomic E-state index is 0. The van der Waals surface area contributed by atoms with Crippen LogP contribution in [-0.4, -0.2) is 16.9 Å². The summed E-state index contributed by atoms with van der Waals surface area (Å²) in [6, 6.07) is 8.33. The maximum Gasteiger partial charge on any atom is 0.227 e. The lowest BCUT2D eigenvalue weighted by molar-refractivity contribution is -0.116. The molecule has 6 heteroatoms. The summed E-state index contributed by atoms with van der Waals surface area (Å²) in [5.41, 5.74) is 9.09. The van der Waals surface area contributed by atoms with Crippen LogP contribution in [0.3, 0.4) is 0 Å². The number of thiazole rings is 1. The summed E-state index contributed by atoms with van der Waals surface area (Å²) in [6.07, 6.45) is 1.15. The first kappa shape index (κ1) is 18.6. The van der Waals surface area contributed by atoms with Gasteiger partial charge in [-0.15, -0.1) is 23.7 Å². The highest BCUT2D eigenvalue weighted by atomic mass is 35.5. The van der Waals surface area contributed by atoms with E-state index in [1.807, 2.05) is 13.8 Å². The Labute approximate surface area is 141 Å². The Morgan fingerprint density at radius 3 is 2.55 bits per heavy atom. The molecule has 2 aromatic rings. The second-order valence-electron chi connectivity index (χ2n) is 5.42. The van der Waals surface area contributed by atoms with Gasteiger partial charge in [0.05, 0.1) is 5.69 Å². The lowest BCUT2D eigenvalue weighted by Crippen LogP contribution is -2.23. The summed E-state index contributed by atoms with van der Waals surface area (Å²) in [4.78, 5) is 17.3. The molecule has 0 saturated carbocycles. The van der Waals surface area contributed by atoms with E-state index in [0.717, 1.165) is 12.1 Å². The molecule has 1 aromatic heterocycles. The molecule has 0 spiro atoms. The van der Waals surface area contributed by atoms with Crippen LogP contribution in [-0.2, 0) is 11.2 Å². The fourth-order valence-corrected chi connectivity index (χ4v) is 3.01. The smallest absolute Gasteiger partial charge is 0.227 e. The second kappa shape index (κ2) is 8.27. The van der Waals surface area contributed by atoms with Crippen molar-refractivity contribution in [3.05, 3.63) is 46.0 Å². The molecule has 1 aromatic carbocycles. The topological polar surface area (TPSA) is 68.0 Å². The third-order valence-electron chi connectivity index (χ3n) is 3.13. The number of hydrogen-bond donors (Lipinski definition) is 2. The van der Waals surface area contributed by atoms with Crippen LogP contribution < -0.4 is 11.1 Å². The number of rotatable bonds is 5. The van der Waals surface area contributed by atoms with Crippen molar-refractivity contribution in [2.45, 2.75) is 39.7 Å². The fourth-order valence-electron chi connectivity index (χ4n) is 2.00. The van der Waals surface area contributed by atoms with Crippen LogP contribution in [0.4, 0.5) is 5.13 Å². The molecule has 1 atom stereocenters. The van der Waals surface area contributed by atoms with Gasteiger partial charge >= 0.3 is 0 Å². The fraction of sp³-hybridized carbons (Fsp3) is 0.375. The van der Waals surface area contributed by atoms with Crippen LogP contribution in [0.1, 0.15) is 35.0 Å². The third kappa shape index (κ3) is 5.40. The van der Waals surface area contributed by atoms with Gasteiger partial charge in [-0.1, -0.05) is 29.8 Å². The lowest BCUT2D eigenvalue weighted by atomic mass is 10.1. The average molecular weight is 340 g/mol. The Hall–Kier alpha value is -1.43.